The van der Waals surface area contributed by atoms with Crippen LogP contribution in [0.4, 0.5) is 0 Å². The Hall–Kier alpha value is -2.28. The van der Waals surface area contributed by atoms with Gasteiger partial charge in [-0.05, 0) is 50.0 Å². The standard InChI is InChI=1S/C22H24Cl2N2O4/c1-4-30-22(28)15-7-5-6-13(10-15)14-8-9-16(17(11-14)29-3)26-21(27)20-19(24)18(23)12(2)25-20/h5-7,10-11,16-17,25H,4,8-9H2,1-3H3,(H,26,27)/t16-,17-/m1/s1. The van der Waals surface area contributed by atoms with E-state index < -0.39 is 0 Å². The number of benzene rings is 1. The van der Waals surface area contributed by atoms with E-state index in [1.807, 2.05) is 24.3 Å². The third-order valence-corrected chi connectivity index (χ3v) is 6.05. The second-order valence-electron chi connectivity index (χ2n) is 7.07. The van der Waals surface area contributed by atoms with Gasteiger partial charge >= 0.3 is 5.97 Å². The molecule has 0 unspecified atom stereocenters. The first-order valence-corrected chi connectivity index (χ1v) is 10.5. The van der Waals surface area contributed by atoms with Crippen LogP contribution in [0.1, 0.15) is 51.9 Å². The van der Waals surface area contributed by atoms with E-state index in [1.165, 1.54) is 0 Å². The minimum Gasteiger partial charge on any atom is -0.462 e. The number of carbonyl (C=O) groups is 2. The molecular weight excluding hydrogens is 427 g/mol. The quantitative estimate of drug-likeness (QED) is 0.619. The number of hydrogen-bond acceptors (Lipinski definition) is 4. The van der Waals surface area contributed by atoms with E-state index in [0.29, 0.717) is 29.3 Å². The Morgan fingerprint density at radius 1 is 1.27 bits per heavy atom. The smallest absolute Gasteiger partial charge is 0.338 e. The van der Waals surface area contributed by atoms with Crippen LogP contribution in [0.2, 0.25) is 10.0 Å². The molecule has 2 aromatic rings. The average Bonchev–Trinajstić information content (AvgIpc) is 3.01. The number of rotatable bonds is 6. The van der Waals surface area contributed by atoms with Gasteiger partial charge in [0.2, 0.25) is 0 Å². The lowest BCUT2D eigenvalue weighted by molar-refractivity contribution is 0.0526. The summed E-state index contributed by atoms with van der Waals surface area (Å²) in [5.74, 6) is -0.677. The topological polar surface area (TPSA) is 80.4 Å². The normalized spacial score (nSPS) is 18.6. The highest BCUT2D eigenvalue weighted by Gasteiger charge is 2.29. The summed E-state index contributed by atoms with van der Waals surface area (Å²) in [6.07, 6.45) is 3.04. The molecule has 2 N–H and O–H groups in total. The molecule has 3 rings (SSSR count). The monoisotopic (exact) mass is 450 g/mol. The predicted octanol–water partition coefficient (Wildman–Crippen LogP) is 4.80. The van der Waals surface area contributed by atoms with Gasteiger partial charge in [0.1, 0.15) is 5.69 Å². The summed E-state index contributed by atoms with van der Waals surface area (Å²) >= 11 is 12.2. The zero-order valence-corrected chi connectivity index (χ0v) is 18.6. The van der Waals surface area contributed by atoms with Gasteiger partial charge in [-0.3, -0.25) is 4.79 Å². The van der Waals surface area contributed by atoms with Crippen molar-refractivity contribution in [2.75, 3.05) is 13.7 Å². The Labute approximate surface area is 185 Å². The minimum atomic E-state index is -0.346. The molecule has 1 aliphatic carbocycles. The molecule has 1 aromatic carbocycles. The number of allylic oxidation sites excluding steroid dienone is 1. The molecule has 2 atom stereocenters. The number of halogens is 2. The Balaban J connectivity index is 1.77. The number of esters is 1. The third kappa shape index (κ3) is 4.72. The fraction of sp³-hybridized carbons (Fsp3) is 0.364. The summed E-state index contributed by atoms with van der Waals surface area (Å²) in [6, 6.07) is 7.10. The molecule has 1 amide bonds. The van der Waals surface area contributed by atoms with Gasteiger partial charge in [0.25, 0.3) is 5.91 Å². The van der Waals surface area contributed by atoms with Gasteiger partial charge in [-0.25, -0.2) is 4.79 Å². The number of ether oxygens (including phenoxy) is 2. The first-order chi connectivity index (χ1) is 14.3. The van der Waals surface area contributed by atoms with Crippen molar-refractivity contribution < 1.29 is 19.1 Å². The van der Waals surface area contributed by atoms with E-state index >= 15 is 0 Å². The van der Waals surface area contributed by atoms with E-state index in [2.05, 4.69) is 10.3 Å². The van der Waals surface area contributed by atoms with Crippen LogP contribution in [0.3, 0.4) is 0 Å². The highest BCUT2D eigenvalue weighted by Crippen LogP contribution is 2.31. The number of carbonyl (C=O) groups excluding carboxylic acids is 2. The molecule has 0 fully saturated rings. The van der Waals surface area contributed by atoms with Gasteiger partial charge in [-0.15, -0.1) is 0 Å². The molecule has 0 saturated carbocycles. The first-order valence-electron chi connectivity index (χ1n) is 9.71. The van der Waals surface area contributed by atoms with E-state index in [9.17, 15) is 9.59 Å². The largest absolute Gasteiger partial charge is 0.462 e. The Kier molecular flexibility index (Phi) is 7.23. The summed E-state index contributed by atoms with van der Waals surface area (Å²) in [6.45, 7) is 3.86. The maximum Gasteiger partial charge on any atom is 0.338 e. The molecule has 0 aliphatic heterocycles. The number of methoxy groups -OCH3 is 1. The van der Waals surface area contributed by atoms with Crippen LogP contribution in [0, 0.1) is 6.92 Å². The fourth-order valence-electron chi connectivity index (χ4n) is 3.53. The number of nitrogens with one attached hydrogen (secondary N) is 2. The van der Waals surface area contributed by atoms with Gasteiger partial charge in [0, 0.05) is 12.8 Å². The lowest BCUT2D eigenvalue weighted by Gasteiger charge is -2.30. The van der Waals surface area contributed by atoms with Gasteiger partial charge in [-0.2, -0.15) is 0 Å². The van der Waals surface area contributed by atoms with E-state index in [1.54, 1.807) is 27.0 Å². The number of amides is 1. The zero-order chi connectivity index (χ0) is 21.8. The van der Waals surface area contributed by atoms with Crippen molar-refractivity contribution in [3.8, 4) is 0 Å². The second-order valence-corrected chi connectivity index (χ2v) is 7.82. The molecule has 8 heteroatoms. The van der Waals surface area contributed by atoms with Crippen LogP contribution in [0.15, 0.2) is 30.3 Å². The number of aryl methyl sites for hydroxylation is 1. The van der Waals surface area contributed by atoms with E-state index in [4.69, 9.17) is 32.7 Å². The van der Waals surface area contributed by atoms with Crippen LogP contribution in [0.5, 0.6) is 0 Å². The molecule has 0 bridgehead atoms. The predicted molar refractivity (Wildman–Crippen MR) is 117 cm³/mol. The van der Waals surface area contributed by atoms with Crippen molar-refractivity contribution in [2.24, 2.45) is 0 Å². The van der Waals surface area contributed by atoms with Crippen molar-refractivity contribution in [1.82, 2.24) is 10.3 Å². The summed E-state index contributed by atoms with van der Waals surface area (Å²) in [4.78, 5) is 27.6. The lowest BCUT2D eigenvalue weighted by atomic mass is 9.88. The Morgan fingerprint density at radius 2 is 2.03 bits per heavy atom. The number of hydrogen-bond donors (Lipinski definition) is 2. The second kappa shape index (κ2) is 9.69. The maximum atomic E-state index is 12.7. The molecule has 0 radical (unpaired) electrons. The zero-order valence-electron chi connectivity index (χ0n) is 17.1. The van der Waals surface area contributed by atoms with Gasteiger partial charge in [0.05, 0.1) is 34.4 Å². The molecule has 160 valence electrons. The molecule has 1 aliphatic rings. The van der Waals surface area contributed by atoms with Crippen LogP contribution < -0.4 is 5.32 Å². The van der Waals surface area contributed by atoms with Gasteiger partial charge < -0.3 is 19.8 Å². The van der Waals surface area contributed by atoms with Crippen LogP contribution >= 0.6 is 23.2 Å². The minimum absolute atomic E-state index is 0.212. The van der Waals surface area contributed by atoms with Crippen LogP contribution in [-0.4, -0.2) is 42.7 Å². The van der Waals surface area contributed by atoms with E-state index in [0.717, 1.165) is 17.6 Å². The molecule has 1 heterocycles. The number of aromatic nitrogens is 1. The van der Waals surface area contributed by atoms with Crippen molar-refractivity contribution in [3.05, 3.63) is 62.9 Å². The molecule has 1 aromatic heterocycles. The van der Waals surface area contributed by atoms with Crippen molar-refractivity contribution in [2.45, 2.75) is 38.8 Å². The summed E-state index contributed by atoms with van der Waals surface area (Å²) in [7, 11) is 1.60. The SMILES string of the molecule is CCOC(=O)c1cccc(C2=C[C@@H](OC)[C@H](NC(=O)c3[nH]c(C)c(Cl)c3Cl)CC2)c1. The van der Waals surface area contributed by atoms with Crippen LogP contribution in [-0.2, 0) is 9.47 Å². The van der Waals surface area contributed by atoms with Crippen molar-refractivity contribution in [1.29, 1.82) is 0 Å². The Morgan fingerprint density at radius 3 is 2.67 bits per heavy atom. The molecule has 0 saturated heterocycles. The summed E-state index contributed by atoms with van der Waals surface area (Å²) in [5, 5.41) is 3.54. The maximum absolute atomic E-state index is 12.7. The average molecular weight is 451 g/mol. The lowest BCUT2D eigenvalue weighted by Crippen LogP contribution is -2.45. The molecular formula is C22H24Cl2N2O4. The number of H-pyrrole nitrogens is 1. The fourth-order valence-corrected chi connectivity index (χ4v) is 3.95. The third-order valence-electron chi connectivity index (χ3n) is 5.10. The molecule has 6 nitrogen and oxygen atoms in total. The summed E-state index contributed by atoms with van der Waals surface area (Å²) in [5.41, 5.74) is 3.37. The molecule has 0 spiro atoms. The van der Waals surface area contributed by atoms with Crippen LogP contribution in [0.25, 0.3) is 5.57 Å². The van der Waals surface area contributed by atoms with Gasteiger partial charge in [0.15, 0.2) is 0 Å². The number of aromatic amines is 1. The highest BCUT2D eigenvalue weighted by molar-refractivity contribution is 6.44. The van der Waals surface area contributed by atoms with E-state index in [-0.39, 0.29) is 34.7 Å². The summed E-state index contributed by atoms with van der Waals surface area (Å²) < 4.78 is 10.7. The van der Waals surface area contributed by atoms with Gasteiger partial charge in [-0.1, -0.05) is 41.4 Å². The first kappa shape index (κ1) is 22.4. The highest BCUT2D eigenvalue weighted by atomic mass is 35.5. The van der Waals surface area contributed by atoms with Crippen molar-refractivity contribution >= 4 is 40.7 Å². The van der Waals surface area contributed by atoms with Crippen molar-refractivity contribution in [3.63, 3.8) is 0 Å². The Bertz CT molecular complexity index is 984. The molecule has 30 heavy (non-hydrogen) atoms.